The van der Waals surface area contributed by atoms with Crippen molar-refractivity contribution >= 4 is 5.91 Å². The molecule has 4 heteroatoms. The van der Waals surface area contributed by atoms with Gasteiger partial charge in [0, 0.05) is 19.0 Å². The minimum atomic E-state index is -0.00829. The van der Waals surface area contributed by atoms with E-state index >= 15 is 0 Å². The molecule has 0 aromatic heterocycles. The second-order valence-electron chi connectivity index (χ2n) is 5.82. The molecule has 1 aromatic rings. The number of nitrogens with two attached hydrogens (primary N) is 1. The summed E-state index contributed by atoms with van der Waals surface area (Å²) in [6.07, 6.45) is 2.84. The third kappa shape index (κ3) is 3.19. The van der Waals surface area contributed by atoms with E-state index in [4.69, 9.17) is 10.5 Å². The normalized spacial score (nSPS) is 24.4. The molecule has 1 saturated carbocycles. The van der Waals surface area contributed by atoms with Gasteiger partial charge >= 0.3 is 0 Å². The highest BCUT2D eigenvalue weighted by atomic mass is 16.5. The lowest BCUT2D eigenvalue weighted by molar-refractivity contribution is -0.139. The van der Waals surface area contributed by atoms with Gasteiger partial charge in [0.15, 0.2) is 0 Å². The highest BCUT2D eigenvalue weighted by Crippen LogP contribution is 2.33. The highest BCUT2D eigenvalue weighted by molar-refractivity contribution is 5.77. The van der Waals surface area contributed by atoms with Crippen molar-refractivity contribution in [3.8, 4) is 0 Å². The van der Waals surface area contributed by atoms with Crippen molar-refractivity contribution < 1.29 is 9.53 Å². The molecule has 2 atom stereocenters. The van der Waals surface area contributed by atoms with Crippen molar-refractivity contribution in [2.75, 3.05) is 19.7 Å². The van der Waals surface area contributed by atoms with Crippen LogP contribution in [-0.2, 0) is 9.53 Å². The van der Waals surface area contributed by atoms with Gasteiger partial charge in [-0.3, -0.25) is 4.79 Å². The van der Waals surface area contributed by atoms with E-state index in [0.29, 0.717) is 32.0 Å². The summed E-state index contributed by atoms with van der Waals surface area (Å²) in [7, 11) is 0. The fraction of sp³-hybridized carbons (Fsp3) is 0.562. The van der Waals surface area contributed by atoms with Gasteiger partial charge in [0.05, 0.1) is 13.2 Å². The molecule has 1 amide bonds. The summed E-state index contributed by atoms with van der Waals surface area (Å²) in [6, 6.07) is 10.1. The fourth-order valence-electron chi connectivity index (χ4n) is 2.77. The maximum atomic E-state index is 12.3. The number of carbonyl (C=O) groups excluding carboxylic acids is 1. The second-order valence-corrected chi connectivity index (χ2v) is 5.82. The third-order valence-electron chi connectivity index (χ3n) is 4.23. The van der Waals surface area contributed by atoms with E-state index in [1.165, 1.54) is 12.8 Å². The first-order valence-electron chi connectivity index (χ1n) is 7.44. The van der Waals surface area contributed by atoms with Gasteiger partial charge in [-0.15, -0.1) is 0 Å². The molecule has 1 aromatic carbocycles. The Morgan fingerprint density at radius 2 is 2.10 bits per heavy atom. The summed E-state index contributed by atoms with van der Waals surface area (Å²) < 4.78 is 5.78. The zero-order valence-electron chi connectivity index (χ0n) is 11.7. The van der Waals surface area contributed by atoms with Crippen molar-refractivity contribution in [3.63, 3.8) is 0 Å². The van der Waals surface area contributed by atoms with Crippen molar-refractivity contribution in [1.29, 1.82) is 0 Å². The molecule has 4 nitrogen and oxygen atoms in total. The van der Waals surface area contributed by atoms with Crippen molar-refractivity contribution in [2.24, 2.45) is 11.7 Å². The zero-order valence-corrected chi connectivity index (χ0v) is 11.7. The van der Waals surface area contributed by atoms with Gasteiger partial charge < -0.3 is 15.4 Å². The van der Waals surface area contributed by atoms with Gasteiger partial charge in [0.1, 0.15) is 6.10 Å². The van der Waals surface area contributed by atoms with E-state index in [2.05, 4.69) is 12.1 Å². The van der Waals surface area contributed by atoms with Crippen LogP contribution in [0.3, 0.4) is 0 Å². The number of amides is 1. The molecular weight excluding hydrogens is 252 g/mol. The van der Waals surface area contributed by atoms with E-state index in [1.54, 1.807) is 0 Å². The van der Waals surface area contributed by atoms with Gasteiger partial charge in [0.25, 0.3) is 0 Å². The molecule has 0 bridgehead atoms. The average Bonchev–Trinajstić information content (AvgIpc) is 3.33. The molecule has 0 spiro atoms. The smallest absolute Gasteiger partial charge is 0.224 e. The van der Waals surface area contributed by atoms with Crippen LogP contribution in [-0.4, -0.2) is 36.5 Å². The Morgan fingerprint density at radius 1 is 1.35 bits per heavy atom. The summed E-state index contributed by atoms with van der Waals surface area (Å²) in [5, 5.41) is 0. The Bertz CT molecular complexity index is 459. The van der Waals surface area contributed by atoms with Crippen LogP contribution < -0.4 is 5.73 Å². The van der Waals surface area contributed by atoms with Crippen LogP contribution in [0, 0.1) is 5.92 Å². The Hall–Kier alpha value is -1.39. The Kier molecular flexibility index (Phi) is 4.03. The minimum Gasteiger partial charge on any atom is -0.370 e. The highest BCUT2D eigenvalue weighted by Gasteiger charge is 2.32. The molecule has 2 fully saturated rings. The molecule has 20 heavy (non-hydrogen) atoms. The Balaban J connectivity index is 1.58. The van der Waals surface area contributed by atoms with E-state index in [-0.39, 0.29) is 18.1 Å². The second kappa shape index (κ2) is 5.94. The van der Waals surface area contributed by atoms with Crippen LogP contribution in [0.25, 0.3) is 0 Å². The lowest BCUT2D eigenvalue weighted by Gasteiger charge is -2.33. The van der Waals surface area contributed by atoms with Crippen molar-refractivity contribution in [3.05, 3.63) is 35.9 Å². The topological polar surface area (TPSA) is 55.6 Å². The summed E-state index contributed by atoms with van der Waals surface area (Å²) >= 11 is 0. The van der Waals surface area contributed by atoms with E-state index in [1.807, 2.05) is 23.1 Å². The van der Waals surface area contributed by atoms with Crippen molar-refractivity contribution in [1.82, 2.24) is 4.90 Å². The third-order valence-corrected chi connectivity index (χ3v) is 4.23. The SMILES string of the molecule is NC(CC(=O)N1CCOC(c2ccccc2)C1)C1CC1. The lowest BCUT2D eigenvalue weighted by Crippen LogP contribution is -2.44. The summed E-state index contributed by atoms with van der Waals surface area (Å²) in [5.41, 5.74) is 7.19. The number of hydrogen-bond acceptors (Lipinski definition) is 3. The molecular formula is C16H22N2O2. The van der Waals surface area contributed by atoms with Gasteiger partial charge in [-0.2, -0.15) is 0 Å². The largest absolute Gasteiger partial charge is 0.370 e. The Labute approximate surface area is 119 Å². The van der Waals surface area contributed by atoms with Gasteiger partial charge in [-0.1, -0.05) is 30.3 Å². The summed E-state index contributed by atoms with van der Waals surface area (Å²) in [6.45, 7) is 1.92. The molecule has 1 heterocycles. The number of hydrogen-bond donors (Lipinski definition) is 1. The number of ether oxygens (including phenoxy) is 1. The van der Waals surface area contributed by atoms with Crippen LogP contribution >= 0.6 is 0 Å². The fourth-order valence-corrected chi connectivity index (χ4v) is 2.77. The minimum absolute atomic E-state index is 0.00829. The predicted molar refractivity (Wildman–Crippen MR) is 77.0 cm³/mol. The average molecular weight is 274 g/mol. The first kappa shape index (κ1) is 13.6. The molecule has 0 radical (unpaired) electrons. The van der Waals surface area contributed by atoms with Crippen LogP contribution in [0.5, 0.6) is 0 Å². The lowest BCUT2D eigenvalue weighted by atomic mass is 10.1. The molecule has 108 valence electrons. The van der Waals surface area contributed by atoms with E-state index in [0.717, 1.165) is 5.56 Å². The molecule has 1 aliphatic carbocycles. The molecule has 1 saturated heterocycles. The first-order valence-corrected chi connectivity index (χ1v) is 7.44. The van der Waals surface area contributed by atoms with E-state index in [9.17, 15) is 4.79 Å². The number of rotatable bonds is 4. The molecule has 2 aliphatic rings. The standard InChI is InChI=1S/C16H22N2O2/c17-14(12-6-7-12)10-16(19)18-8-9-20-15(11-18)13-4-2-1-3-5-13/h1-5,12,14-15H,6-11,17H2. The van der Waals surface area contributed by atoms with Crippen LogP contribution in [0.4, 0.5) is 0 Å². The van der Waals surface area contributed by atoms with Gasteiger partial charge in [-0.05, 0) is 24.3 Å². The van der Waals surface area contributed by atoms with Crippen LogP contribution in [0.1, 0.15) is 30.9 Å². The van der Waals surface area contributed by atoms with Gasteiger partial charge in [0.2, 0.25) is 5.91 Å². The molecule has 2 N–H and O–H groups in total. The maximum absolute atomic E-state index is 12.3. The monoisotopic (exact) mass is 274 g/mol. The van der Waals surface area contributed by atoms with Gasteiger partial charge in [-0.25, -0.2) is 0 Å². The summed E-state index contributed by atoms with van der Waals surface area (Å²) in [5.74, 6) is 0.749. The maximum Gasteiger partial charge on any atom is 0.224 e. The number of carbonyl (C=O) groups is 1. The molecule has 1 aliphatic heterocycles. The van der Waals surface area contributed by atoms with Crippen LogP contribution in [0.2, 0.25) is 0 Å². The number of morpholine rings is 1. The predicted octanol–water partition coefficient (Wildman–Crippen LogP) is 1.71. The van der Waals surface area contributed by atoms with Crippen LogP contribution in [0.15, 0.2) is 30.3 Å². The number of benzene rings is 1. The number of nitrogens with zero attached hydrogens (tertiary/aromatic N) is 1. The quantitative estimate of drug-likeness (QED) is 0.909. The first-order chi connectivity index (χ1) is 9.74. The summed E-state index contributed by atoms with van der Waals surface area (Å²) in [4.78, 5) is 14.2. The molecule has 2 unspecified atom stereocenters. The molecule has 3 rings (SSSR count). The zero-order chi connectivity index (χ0) is 13.9. The van der Waals surface area contributed by atoms with Crippen molar-refractivity contribution in [2.45, 2.75) is 31.4 Å². The van der Waals surface area contributed by atoms with E-state index < -0.39 is 0 Å². The Morgan fingerprint density at radius 3 is 2.80 bits per heavy atom.